The number of carbonyl (C=O) groups excluding carboxylic acids is 1. The van der Waals surface area contributed by atoms with Gasteiger partial charge >= 0.3 is 0 Å². The molecule has 1 aromatic carbocycles. The number of hydrogen-bond acceptors (Lipinski definition) is 5. The van der Waals surface area contributed by atoms with Crippen LogP contribution in [0.2, 0.25) is 0 Å². The van der Waals surface area contributed by atoms with Gasteiger partial charge in [-0.15, -0.1) is 0 Å². The number of anilines is 1. The Morgan fingerprint density at radius 3 is 2.48 bits per heavy atom. The highest BCUT2D eigenvalue weighted by atomic mass is 16.2. The van der Waals surface area contributed by atoms with E-state index < -0.39 is 0 Å². The molecule has 0 atom stereocenters. The Balaban J connectivity index is 1.81. The highest BCUT2D eigenvalue weighted by molar-refractivity contribution is 5.93. The van der Waals surface area contributed by atoms with E-state index in [1.165, 1.54) is 11.1 Å². The fourth-order valence-electron chi connectivity index (χ4n) is 2.70. The third-order valence-electron chi connectivity index (χ3n) is 4.14. The first-order chi connectivity index (χ1) is 12.7. The first-order valence-electron chi connectivity index (χ1n) is 8.70. The average Bonchev–Trinajstić information content (AvgIpc) is 3.04. The predicted molar refractivity (Wildman–Crippen MR) is 105 cm³/mol. The molecular weight excluding hydrogens is 344 g/mol. The molecule has 142 valence electrons. The fraction of sp³-hybridized carbons (Fsp3) is 0.368. The molecular formula is C19H24N6O2. The Morgan fingerprint density at radius 2 is 1.89 bits per heavy atom. The summed E-state index contributed by atoms with van der Waals surface area (Å²) in [5.74, 6) is 0.341. The monoisotopic (exact) mass is 368 g/mol. The number of nitrogens with one attached hydrogen (secondary N) is 2. The van der Waals surface area contributed by atoms with Crippen LogP contribution < -0.4 is 10.9 Å². The number of nitrogens with zero attached hydrogens (tertiary/aromatic N) is 4. The van der Waals surface area contributed by atoms with E-state index in [2.05, 4.69) is 20.4 Å². The van der Waals surface area contributed by atoms with Crippen molar-refractivity contribution in [3.8, 4) is 0 Å². The highest BCUT2D eigenvalue weighted by Crippen LogP contribution is 2.19. The van der Waals surface area contributed by atoms with Crippen molar-refractivity contribution in [1.29, 1.82) is 0 Å². The maximum Gasteiger partial charge on any atom is 0.263 e. The molecule has 0 fully saturated rings. The Hall–Kier alpha value is -3.16. The molecule has 2 N–H and O–H groups in total. The summed E-state index contributed by atoms with van der Waals surface area (Å²) in [6, 6.07) is 7.32. The molecule has 0 unspecified atom stereocenters. The second kappa shape index (κ2) is 6.86. The lowest BCUT2D eigenvalue weighted by Gasteiger charge is -2.19. The van der Waals surface area contributed by atoms with E-state index in [1.54, 1.807) is 30.9 Å². The van der Waals surface area contributed by atoms with E-state index in [0.717, 1.165) is 5.56 Å². The van der Waals surface area contributed by atoms with E-state index in [-0.39, 0.29) is 17.0 Å². The Labute approximate surface area is 157 Å². The minimum atomic E-state index is -0.283. The standard InChI is InChI=1S/C19H24N6O2/c1-19(2,3)25-15-14(11-21-25)16(26)23-18(22-15)20-10-12-6-8-13(9-7-12)17(27)24(4)5/h6-9,11H,10H2,1-5H3,(H2,20,22,23,26). The fourth-order valence-corrected chi connectivity index (χ4v) is 2.70. The lowest BCUT2D eigenvalue weighted by molar-refractivity contribution is 0.0827. The second-order valence-corrected chi connectivity index (χ2v) is 7.63. The van der Waals surface area contributed by atoms with Gasteiger partial charge in [-0.25, -0.2) is 4.68 Å². The molecule has 3 aromatic rings. The summed E-state index contributed by atoms with van der Waals surface area (Å²) in [6.07, 6.45) is 1.54. The van der Waals surface area contributed by atoms with Crippen LogP contribution in [0, 0.1) is 0 Å². The van der Waals surface area contributed by atoms with E-state index in [9.17, 15) is 9.59 Å². The van der Waals surface area contributed by atoms with Crippen molar-refractivity contribution in [2.45, 2.75) is 32.9 Å². The van der Waals surface area contributed by atoms with Crippen LogP contribution in [0.1, 0.15) is 36.7 Å². The SMILES string of the molecule is CN(C)C(=O)c1ccc(CNc2nc3c(cnn3C(C)(C)C)c(=O)[nH]2)cc1. The van der Waals surface area contributed by atoms with Gasteiger partial charge in [-0.2, -0.15) is 10.1 Å². The zero-order valence-corrected chi connectivity index (χ0v) is 16.2. The van der Waals surface area contributed by atoms with Crippen LogP contribution >= 0.6 is 0 Å². The molecule has 27 heavy (non-hydrogen) atoms. The zero-order valence-electron chi connectivity index (χ0n) is 16.2. The second-order valence-electron chi connectivity index (χ2n) is 7.63. The van der Waals surface area contributed by atoms with Crippen LogP contribution in [0.4, 0.5) is 5.95 Å². The number of hydrogen-bond donors (Lipinski definition) is 2. The van der Waals surface area contributed by atoms with Crippen molar-refractivity contribution >= 4 is 22.9 Å². The summed E-state index contributed by atoms with van der Waals surface area (Å²) in [5.41, 5.74) is 1.63. The van der Waals surface area contributed by atoms with Crippen molar-refractivity contribution in [3.05, 3.63) is 51.9 Å². The molecule has 0 spiro atoms. The van der Waals surface area contributed by atoms with E-state index in [1.807, 2.05) is 32.9 Å². The molecule has 0 bridgehead atoms. The van der Waals surface area contributed by atoms with Crippen molar-refractivity contribution in [3.63, 3.8) is 0 Å². The summed E-state index contributed by atoms with van der Waals surface area (Å²) < 4.78 is 1.74. The molecule has 0 saturated heterocycles. The van der Waals surface area contributed by atoms with Gasteiger partial charge in [0.05, 0.1) is 11.7 Å². The van der Waals surface area contributed by atoms with Crippen LogP contribution in [-0.2, 0) is 12.1 Å². The summed E-state index contributed by atoms with van der Waals surface area (Å²) >= 11 is 0. The molecule has 0 aliphatic rings. The van der Waals surface area contributed by atoms with Gasteiger partial charge in [-0.1, -0.05) is 12.1 Å². The molecule has 0 saturated carbocycles. The summed E-state index contributed by atoms with van der Waals surface area (Å²) in [5, 5.41) is 7.89. The number of fused-ring (bicyclic) bond motifs is 1. The quantitative estimate of drug-likeness (QED) is 0.736. The van der Waals surface area contributed by atoms with Gasteiger partial charge in [0.1, 0.15) is 5.39 Å². The van der Waals surface area contributed by atoms with Gasteiger partial charge < -0.3 is 10.2 Å². The van der Waals surface area contributed by atoms with Gasteiger partial charge in [-0.3, -0.25) is 14.6 Å². The summed E-state index contributed by atoms with van der Waals surface area (Å²) in [4.78, 5) is 33.0. The van der Waals surface area contributed by atoms with E-state index in [0.29, 0.717) is 29.1 Å². The van der Waals surface area contributed by atoms with Crippen LogP contribution in [0.25, 0.3) is 11.0 Å². The number of carbonyl (C=O) groups is 1. The average molecular weight is 368 g/mol. The molecule has 8 heteroatoms. The van der Waals surface area contributed by atoms with Crippen molar-refractivity contribution in [2.75, 3.05) is 19.4 Å². The predicted octanol–water partition coefficient (Wildman–Crippen LogP) is 2.19. The molecule has 2 heterocycles. The Bertz CT molecular complexity index is 1030. The Kier molecular flexibility index (Phi) is 4.73. The minimum absolute atomic E-state index is 0.0404. The van der Waals surface area contributed by atoms with Crippen LogP contribution in [-0.4, -0.2) is 44.7 Å². The molecule has 0 aliphatic heterocycles. The van der Waals surface area contributed by atoms with Crippen molar-refractivity contribution in [1.82, 2.24) is 24.6 Å². The van der Waals surface area contributed by atoms with Gasteiger partial charge in [0, 0.05) is 26.2 Å². The van der Waals surface area contributed by atoms with Gasteiger partial charge in [0.25, 0.3) is 11.5 Å². The third-order valence-corrected chi connectivity index (χ3v) is 4.14. The maximum absolute atomic E-state index is 12.3. The van der Waals surface area contributed by atoms with Gasteiger partial charge in [-0.05, 0) is 38.5 Å². The number of benzene rings is 1. The molecule has 8 nitrogen and oxygen atoms in total. The molecule has 3 rings (SSSR count). The van der Waals surface area contributed by atoms with Crippen LogP contribution in [0.5, 0.6) is 0 Å². The van der Waals surface area contributed by atoms with Crippen molar-refractivity contribution in [2.24, 2.45) is 0 Å². The first kappa shape index (κ1) is 18.6. The number of H-pyrrole nitrogens is 1. The maximum atomic E-state index is 12.3. The summed E-state index contributed by atoms with van der Waals surface area (Å²) in [7, 11) is 3.44. The molecule has 1 amide bonds. The number of rotatable bonds is 4. The van der Waals surface area contributed by atoms with Crippen molar-refractivity contribution < 1.29 is 4.79 Å². The number of aromatic amines is 1. The normalized spacial score (nSPS) is 11.6. The lowest BCUT2D eigenvalue weighted by atomic mass is 10.1. The zero-order chi connectivity index (χ0) is 19.8. The van der Waals surface area contributed by atoms with Gasteiger partial charge in [0.15, 0.2) is 5.65 Å². The van der Waals surface area contributed by atoms with Crippen LogP contribution in [0.3, 0.4) is 0 Å². The highest BCUT2D eigenvalue weighted by Gasteiger charge is 2.19. The number of aromatic nitrogens is 4. The first-order valence-corrected chi connectivity index (χ1v) is 8.70. The van der Waals surface area contributed by atoms with Crippen LogP contribution in [0.15, 0.2) is 35.3 Å². The van der Waals surface area contributed by atoms with E-state index in [4.69, 9.17) is 0 Å². The molecule has 0 radical (unpaired) electrons. The molecule has 2 aromatic heterocycles. The largest absolute Gasteiger partial charge is 0.352 e. The Morgan fingerprint density at radius 1 is 1.22 bits per heavy atom. The smallest absolute Gasteiger partial charge is 0.263 e. The lowest BCUT2D eigenvalue weighted by Crippen LogP contribution is -2.24. The summed E-state index contributed by atoms with van der Waals surface area (Å²) in [6.45, 7) is 6.48. The minimum Gasteiger partial charge on any atom is -0.352 e. The van der Waals surface area contributed by atoms with Gasteiger partial charge in [0.2, 0.25) is 5.95 Å². The third kappa shape index (κ3) is 3.84. The molecule has 0 aliphatic carbocycles. The topological polar surface area (TPSA) is 95.9 Å². The van der Waals surface area contributed by atoms with E-state index >= 15 is 0 Å². The number of amides is 1.